The predicted octanol–water partition coefficient (Wildman–Crippen LogP) is 4.93. The molecule has 2 fully saturated rings. The van der Waals surface area contributed by atoms with Crippen molar-refractivity contribution in [3.05, 3.63) is 63.4 Å². The van der Waals surface area contributed by atoms with E-state index in [4.69, 9.17) is 18.9 Å². The summed E-state index contributed by atoms with van der Waals surface area (Å²) in [5.41, 5.74) is 0.718. The third-order valence-electron chi connectivity index (χ3n) is 5.26. The first-order valence-corrected chi connectivity index (χ1v) is 10.6. The van der Waals surface area contributed by atoms with Crippen molar-refractivity contribution < 1.29 is 32.9 Å². The Hall–Kier alpha value is -2.87. The van der Waals surface area contributed by atoms with Crippen molar-refractivity contribution >= 4 is 33.9 Å². The molecule has 1 aliphatic heterocycles. The molecule has 6 nitrogen and oxygen atoms in total. The van der Waals surface area contributed by atoms with Crippen LogP contribution in [0.1, 0.15) is 36.8 Å². The van der Waals surface area contributed by atoms with E-state index in [1.165, 1.54) is 19.3 Å². The normalized spacial score (nSPS) is 17.3. The summed E-state index contributed by atoms with van der Waals surface area (Å²) >= 11 is 3.41. The van der Waals surface area contributed by atoms with Crippen molar-refractivity contribution in [2.75, 3.05) is 7.11 Å². The molecule has 0 aromatic heterocycles. The third-order valence-corrected chi connectivity index (χ3v) is 5.84. The molecular weight excluding hydrogens is 471 g/mol. The zero-order valence-electron chi connectivity index (χ0n) is 16.8. The van der Waals surface area contributed by atoms with Crippen LogP contribution in [0.5, 0.6) is 11.5 Å². The van der Waals surface area contributed by atoms with E-state index in [-0.39, 0.29) is 18.0 Å². The quantitative estimate of drug-likeness (QED) is 0.336. The van der Waals surface area contributed by atoms with Gasteiger partial charge in [-0.15, -0.1) is 0 Å². The van der Waals surface area contributed by atoms with E-state index in [0.717, 1.165) is 12.8 Å². The van der Waals surface area contributed by atoms with Crippen LogP contribution in [0.2, 0.25) is 0 Å². The summed E-state index contributed by atoms with van der Waals surface area (Å²) in [5, 5.41) is 0. The molecular formula is C23H20BrFO6. The van der Waals surface area contributed by atoms with Gasteiger partial charge in [-0.05, 0) is 58.6 Å². The van der Waals surface area contributed by atoms with Gasteiger partial charge in [-0.3, -0.25) is 0 Å². The highest BCUT2D eigenvalue weighted by Crippen LogP contribution is 2.40. The van der Waals surface area contributed by atoms with Crippen LogP contribution in [-0.4, -0.2) is 24.8 Å². The molecule has 31 heavy (non-hydrogen) atoms. The molecule has 0 N–H and O–H groups in total. The molecule has 0 amide bonds. The van der Waals surface area contributed by atoms with Crippen LogP contribution in [0.3, 0.4) is 0 Å². The molecule has 0 unspecified atom stereocenters. The van der Waals surface area contributed by atoms with Gasteiger partial charge in [0, 0.05) is 18.4 Å². The largest absolute Gasteiger partial charge is 0.493 e. The number of rotatable bonds is 5. The highest BCUT2D eigenvalue weighted by atomic mass is 79.9. The minimum atomic E-state index is -1.12. The minimum Gasteiger partial charge on any atom is -0.493 e. The first-order valence-electron chi connectivity index (χ1n) is 9.83. The highest BCUT2D eigenvalue weighted by Gasteiger charge is 2.47. The van der Waals surface area contributed by atoms with Crippen LogP contribution in [0.15, 0.2) is 46.4 Å². The van der Waals surface area contributed by atoms with Crippen LogP contribution < -0.4 is 9.47 Å². The van der Waals surface area contributed by atoms with Crippen molar-refractivity contribution in [3.8, 4) is 11.5 Å². The molecule has 1 heterocycles. The van der Waals surface area contributed by atoms with E-state index in [9.17, 15) is 14.0 Å². The molecule has 0 bridgehead atoms. The maximum Gasteiger partial charge on any atom is 0.348 e. The lowest BCUT2D eigenvalue weighted by Gasteiger charge is -2.32. The number of carbonyl (C=O) groups is 2. The van der Waals surface area contributed by atoms with Crippen molar-refractivity contribution in [1.29, 1.82) is 0 Å². The molecule has 2 aromatic carbocycles. The van der Waals surface area contributed by atoms with E-state index in [1.807, 2.05) is 0 Å². The minimum absolute atomic E-state index is 0.00278. The SMILES string of the molecule is COc1cc(C=C2C(=O)OC3(CCCC3)OC2=O)cc(Br)c1OCc1ccccc1F. The maximum absolute atomic E-state index is 13.9. The van der Waals surface area contributed by atoms with Crippen LogP contribution in [0.4, 0.5) is 4.39 Å². The topological polar surface area (TPSA) is 71.1 Å². The smallest absolute Gasteiger partial charge is 0.348 e. The second-order valence-electron chi connectivity index (χ2n) is 7.37. The summed E-state index contributed by atoms with van der Waals surface area (Å²) in [7, 11) is 1.46. The molecule has 8 heteroatoms. The second-order valence-corrected chi connectivity index (χ2v) is 8.22. The zero-order chi connectivity index (χ0) is 22.0. The Morgan fingerprint density at radius 3 is 2.45 bits per heavy atom. The molecule has 4 rings (SSSR count). The Morgan fingerprint density at radius 1 is 1.13 bits per heavy atom. The number of methoxy groups -OCH3 is 1. The number of hydrogen-bond acceptors (Lipinski definition) is 6. The standard InChI is InChI=1S/C23H20BrFO6/c1-28-19-12-14(10-16-21(26)30-23(31-22(16)27)8-4-5-9-23)11-17(24)20(19)29-13-15-6-2-3-7-18(15)25/h2-3,6-7,10-12H,4-5,8-9,13H2,1H3. The number of hydrogen-bond donors (Lipinski definition) is 0. The summed E-state index contributed by atoms with van der Waals surface area (Å²) < 4.78 is 36.4. The van der Waals surface area contributed by atoms with Gasteiger partial charge in [0.25, 0.3) is 5.79 Å². The van der Waals surface area contributed by atoms with Gasteiger partial charge < -0.3 is 18.9 Å². The van der Waals surface area contributed by atoms with Gasteiger partial charge in [-0.2, -0.15) is 0 Å². The lowest BCUT2D eigenvalue weighted by molar-refractivity contribution is -0.232. The van der Waals surface area contributed by atoms with Crippen molar-refractivity contribution in [3.63, 3.8) is 0 Å². The molecule has 0 radical (unpaired) electrons. The Morgan fingerprint density at radius 2 is 1.81 bits per heavy atom. The number of carbonyl (C=O) groups excluding carboxylic acids is 2. The second kappa shape index (κ2) is 8.70. The predicted molar refractivity (Wildman–Crippen MR) is 113 cm³/mol. The van der Waals surface area contributed by atoms with Gasteiger partial charge in [0.2, 0.25) is 0 Å². The maximum atomic E-state index is 13.9. The van der Waals surface area contributed by atoms with Crippen molar-refractivity contribution in [2.45, 2.75) is 38.1 Å². The van der Waals surface area contributed by atoms with Crippen LogP contribution in [0, 0.1) is 5.82 Å². The fourth-order valence-corrected chi connectivity index (χ4v) is 4.26. The van der Waals surface area contributed by atoms with E-state index >= 15 is 0 Å². The first kappa shape index (κ1) is 21.4. The molecule has 1 spiro atoms. The van der Waals surface area contributed by atoms with E-state index < -0.39 is 17.7 Å². The third kappa shape index (κ3) is 4.44. The van der Waals surface area contributed by atoms with Crippen LogP contribution in [0.25, 0.3) is 6.08 Å². The summed E-state index contributed by atoms with van der Waals surface area (Å²) in [4.78, 5) is 24.9. The average molecular weight is 491 g/mol. The van der Waals surface area contributed by atoms with Crippen molar-refractivity contribution in [1.82, 2.24) is 0 Å². The van der Waals surface area contributed by atoms with E-state index in [2.05, 4.69) is 15.9 Å². The number of ether oxygens (including phenoxy) is 4. The Balaban J connectivity index is 1.57. The number of benzene rings is 2. The molecule has 1 aliphatic carbocycles. The summed E-state index contributed by atoms with van der Waals surface area (Å²) in [6.07, 6.45) is 4.12. The van der Waals surface area contributed by atoms with Gasteiger partial charge in [0.05, 0.1) is 11.6 Å². The Bertz CT molecular complexity index is 1040. The molecule has 0 atom stereocenters. The van der Waals surface area contributed by atoms with Gasteiger partial charge in [-0.25, -0.2) is 14.0 Å². The molecule has 1 saturated heterocycles. The van der Waals surface area contributed by atoms with Crippen LogP contribution in [-0.2, 0) is 25.7 Å². The Kier molecular flexibility index (Phi) is 6.00. The molecule has 1 saturated carbocycles. The monoisotopic (exact) mass is 490 g/mol. The Labute approximate surface area is 187 Å². The first-order chi connectivity index (χ1) is 14.9. The van der Waals surface area contributed by atoms with Gasteiger partial charge in [-0.1, -0.05) is 18.2 Å². The van der Waals surface area contributed by atoms with Gasteiger partial charge >= 0.3 is 11.9 Å². The van der Waals surface area contributed by atoms with E-state index in [0.29, 0.717) is 39.9 Å². The fraction of sp³-hybridized carbons (Fsp3) is 0.304. The van der Waals surface area contributed by atoms with Crippen molar-refractivity contribution in [2.24, 2.45) is 0 Å². The zero-order valence-corrected chi connectivity index (χ0v) is 18.4. The summed E-state index contributed by atoms with van der Waals surface area (Å²) in [5.74, 6) is -2.17. The average Bonchev–Trinajstić information content (AvgIpc) is 3.18. The molecule has 2 aromatic rings. The number of esters is 2. The van der Waals surface area contributed by atoms with Gasteiger partial charge in [0.1, 0.15) is 18.0 Å². The fourth-order valence-electron chi connectivity index (χ4n) is 3.68. The summed E-state index contributed by atoms with van der Waals surface area (Å²) in [6.45, 7) is 0.00278. The highest BCUT2D eigenvalue weighted by molar-refractivity contribution is 9.10. The molecule has 2 aliphatic rings. The summed E-state index contributed by atoms with van der Waals surface area (Å²) in [6, 6.07) is 9.58. The molecule has 162 valence electrons. The van der Waals surface area contributed by atoms with Gasteiger partial charge in [0.15, 0.2) is 11.5 Å². The van der Waals surface area contributed by atoms with E-state index in [1.54, 1.807) is 30.3 Å². The van der Waals surface area contributed by atoms with Crippen LogP contribution >= 0.6 is 15.9 Å². The lowest BCUT2D eigenvalue weighted by atomic mass is 10.1. The lowest BCUT2D eigenvalue weighted by Crippen LogP contribution is -2.44. The number of halogens is 2.